The van der Waals surface area contributed by atoms with Gasteiger partial charge in [0.25, 0.3) is 5.24 Å². The van der Waals surface area contributed by atoms with Gasteiger partial charge in [-0.2, -0.15) is 0 Å². The second kappa shape index (κ2) is 12.0. The van der Waals surface area contributed by atoms with Crippen LogP contribution in [0.2, 0.25) is 0 Å². The van der Waals surface area contributed by atoms with Gasteiger partial charge in [-0.3, -0.25) is 16.1 Å². The van der Waals surface area contributed by atoms with Gasteiger partial charge in [-0.05, 0) is 62.1 Å². The summed E-state index contributed by atoms with van der Waals surface area (Å²) in [4.78, 5) is 11.3. The van der Waals surface area contributed by atoms with Crippen LogP contribution in [0.25, 0.3) is 11.1 Å². The second-order valence-corrected chi connectivity index (χ2v) is 6.37. The molecule has 6 heteroatoms. The largest absolute Gasteiger partial charge is 0.276 e. The minimum atomic E-state index is -0.418. The normalized spacial score (nSPS) is 9.75. The van der Waals surface area contributed by atoms with Crippen LogP contribution in [0.3, 0.4) is 0 Å². The number of halogens is 2. The second-order valence-electron chi connectivity index (χ2n) is 6.03. The Bertz CT molecular complexity index is 643. The van der Waals surface area contributed by atoms with Crippen molar-refractivity contribution >= 4 is 58.8 Å². The van der Waals surface area contributed by atoms with Crippen molar-refractivity contribution in [2.75, 3.05) is 0 Å². The van der Waals surface area contributed by atoms with Gasteiger partial charge in [-0.1, -0.05) is 42.5 Å². The number of hydrogen-bond donors (Lipinski definition) is 2. The predicted octanol–water partition coefficient (Wildman–Crippen LogP) is 4.33. The quantitative estimate of drug-likeness (QED) is 0.354. The van der Waals surface area contributed by atoms with Gasteiger partial charge in [-0.25, -0.2) is 0 Å². The fourth-order valence-electron chi connectivity index (χ4n) is 1.76. The molecule has 2 aromatic carbocycles. The van der Waals surface area contributed by atoms with Gasteiger partial charge in [0.05, 0.1) is 0 Å². The minimum absolute atomic E-state index is 0. The van der Waals surface area contributed by atoms with E-state index in [0.717, 1.165) is 16.7 Å². The zero-order valence-electron chi connectivity index (χ0n) is 14.9. The molecule has 0 aromatic heterocycles. The summed E-state index contributed by atoms with van der Waals surface area (Å²) >= 11 is 5.57. The van der Waals surface area contributed by atoms with Crippen LogP contribution in [0.5, 0.6) is 0 Å². The van der Waals surface area contributed by atoms with Crippen molar-refractivity contribution in [2.24, 2.45) is 5.84 Å². The van der Waals surface area contributed by atoms with E-state index in [0.29, 0.717) is 5.56 Å². The Morgan fingerprint density at radius 3 is 1.83 bits per heavy atom. The first-order chi connectivity index (χ1) is 10.3. The van der Waals surface area contributed by atoms with E-state index < -0.39 is 5.24 Å². The van der Waals surface area contributed by atoms with Crippen LogP contribution >= 0.6 is 24.0 Å². The summed E-state index contributed by atoms with van der Waals surface area (Å²) in [5.74, 6) is 5.06. The molecule has 24 heavy (non-hydrogen) atoms. The first-order valence-electron chi connectivity index (χ1n) is 7.09. The van der Waals surface area contributed by atoms with Crippen molar-refractivity contribution < 1.29 is 4.79 Å². The fraction of sp³-hybridized carbons (Fsp3) is 0.278. The van der Waals surface area contributed by atoms with Crippen molar-refractivity contribution in [2.45, 2.75) is 33.2 Å². The van der Waals surface area contributed by atoms with Gasteiger partial charge in [-0.15, -0.1) is 12.4 Å². The van der Waals surface area contributed by atoms with Crippen LogP contribution in [0.15, 0.2) is 48.5 Å². The third kappa shape index (κ3) is 8.63. The van der Waals surface area contributed by atoms with Crippen LogP contribution in [0, 0.1) is 6.92 Å². The number of nitrogens with one attached hydrogen (secondary N) is 1. The first-order valence-corrected chi connectivity index (χ1v) is 7.46. The van der Waals surface area contributed by atoms with Crippen molar-refractivity contribution in [1.82, 2.24) is 5.43 Å². The molecule has 0 atom stereocenters. The van der Waals surface area contributed by atoms with Crippen LogP contribution in [0.4, 0.5) is 0 Å². The summed E-state index contributed by atoms with van der Waals surface area (Å²) in [6.07, 6.45) is 0. The molecule has 2 rings (SSSR count). The van der Waals surface area contributed by atoms with Crippen LogP contribution in [-0.4, -0.2) is 40.3 Å². The molecule has 0 saturated heterocycles. The van der Waals surface area contributed by atoms with Crippen LogP contribution in [0.1, 0.15) is 36.7 Å². The molecule has 0 bridgehead atoms. The molecule has 0 aliphatic carbocycles. The van der Waals surface area contributed by atoms with E-state index in [1.165, 1.54) is 0 Å². The first kappa shape index (κ1) is 25.8. The summed E-state index contributed by atoms with van der Waals surface area (Å²) in [5, 5.41) is -0.418. The molecular weight excluding hydrogens is 354 g/mol. The Labute approximate surface area is 178 Å². The average molecular weight is 378 g/mol. The summed E-state index contributed by atoms with van der Waals surface area (Å²) in [7, 11) is 0. The zero-order chi connectivity index (χ0) is 16.8. The van der Waals surface area contributed by atoms with Gasteiger partial charge in [0.15, 0.2) is 0 Å². The Hall–Kier alpha value is -0.390. The van der Waals surface area contributed by atoms with E-state index in [4.69, 9.17) is 17.4 Å². The standard InChI is InChI=1S/C14H11ClO.C4H12N2.ClH.Na/c1-10-6-2-3-7-11(10)12-8-4-5-9-13(12)14(15)16;1-4(2,3)6-5;;/h2-9H,1H3;6H,5H2,1-3H3;1H;. The van der Waals surface area contributed by atoms with Crippen molar-refractivity contribution in [3.05, 3.63) is 59.7 Å². The van der Waals surface area contributed by atoms with Gasteiger partial charge in [0, 0.05) is 40.7 Å². The third-order valence-corrected chi connectivity index (χ3v) is 3.21. The van der Waals surface area contributed by atoms with Crippen LogP contribution < -0.4 is 11.3 Å². The summed E-state index contributed by atoms with van der Waals surface area (Å²) in [5.41, 5.74) is 6.30. The number of rotatable bonds is 2. The van der Waals surface area contributed by atoms with Crippen LogP contribution in [-0.2, 0) is 0 Å². The molecule has 0 amide bonds. The summed E-state index contributed by atoms with van der Waals surface area (Å²) in [6.45, 7) is 8.04. The van der Waals surface area contributed by atoms with E-state index >= 15 is 0 Å². The maximum absolute atomic E-state index is 11.3. The number of benzene rings is 2. The van der Waals surface area contributed by atoms with Gasteiger partial charge in [0.2, 0.25) is 0 Å². The Balaban J connectivity index is 0. The number of carbonyl (C=O) groups is 1. The van der Waals surface area contributed by atoms with Crippen molar-refractivity contribution in [1.29, 1.82) is 0 Å². The maximum Gasteiger partial charge on any atom is 0.253 e. The molecule has 127 valence electrons. The molecule has 0 fully saturated rings. The topological polar surface area (TPSA) is 55.1 Å². The molecular formula is C18H24Cl2N2NaO. The number of hydrazine groups is 1. The number of carbonyl (C=O) groups excluding carboxylic acids is 1. The molecule has 0 unspecified atom stereocenters. The maximum atomic E-state index is 11.3. The number of aryl methyl sites for hydroxylation is 1. The Morgan fingerprint density at radius 1 is 1.00 bits per heavy atom. The SMILES string of the molecule is CC(C)(C)NN.Cc1ccccc1-c1ccccc1C(=O)Cl.Cl.[Na]. The molecule has 0 saturated carbocycles. The smallest absolute Gasteiger partial charge is 0.253 e. The van der Waals surface area contributed by atoms with E-state index in [1.807, 2.05) is 70.2 Å². The van der Waals surface area contributed by atoms with E-state index in [-0.39, 0.29) is 47.5 Å². The van der Waals surface area contributed by atoms with Gasteiger partial charge < -0.3 is 0 Å². The third-order valence-electron chi connectivity index (χ3n) is 3.01. The summed E-state index contributed by atoms with van der Waals surface area (Å²) in [6, 6.07) is 15.3. The Kier molecular flexibility index (Phi) is 13.0. The van der Waals surface area contributed by atoms with Gasteiger partial charge in [0.1, 0.15) is 0 Å². The predicted molar refractivity (Wildman–Crippen MR) is 107 cm³/mol. The molecule has 1 radical (unpaired) electrons. The van der Waals surface area contributed by atoms with E-state index in [1.54, 1.807) is 6.07 Å². The minimum Gasteiger partial charge on any atom is -0.276 e. The molecule has 2 aromatic rings. The van der Waals surface area contributed by atoms with Crippen molar-refractivity contribution in [3.8, 4) is 11.1 Å². The zero-order valence-corrected chi connectivity index (χ0v) is 18.5. The average Bonchev–Trinajstić information content (AvgIpc) is 2.47. The number of nitrogens with two attached hydrogens (primary N) is 1. The molecule has 3 N–H and O–H groups in total. The number of hydrogen-bond acceptors (Lipinski definition) is 3. The van der Waals surface area contributed by atoms with Gasteiger partial charge >= 0.3 is 0 Å². The molecule has 0 aliphatic heterocycles. The van der Waals surface area contributed by atoms with Crippen molar-refractivity contribution in [3.63, 3.8) is 0 Å². The monoisotopic (exact) mass is 377 g/mol. The molecule has 0 aliphatic rings. The fourth-order valence-corrected chi connectivity index (χ4v) is 1.93. The van der Waals surface area contributed by atoms with E-state index in [2.05, 4.69) is 5.43 Å². The summed E-state index contributed by atoms with van der Waals surface area (Å²) < 4.78 is 0. The molecule has 0 spiro atoms. The van der Waals surface area contributed by atoms with E-state index in [9.17, 15) is 4.79 Å². The molecule has 0 heterocycles. The Morgan fingerprint density at radius 2 is 1.42 bits per heavy atom. The molecule has 3 nitrogen and oxygen atoms in total.